The standard InChI is InChI=1S/C12H15NO3/c1-15-9-4-3-5-10(16-2)11(9)12(14)13-8-6-7-8/h3-5,8H,6-7H2,1-2H3,(H,13,14). The highest BCUT2D eigenvalue weighted by molar-refractivity contribution is 6.00. The summed E-state index contributed by atoms with van der Waals surface area (Å²) in [6, 6.07) is 5.63. The minimum atomic E-state index is -0.128. The molecule has 16 heavy (non-hydrogen) atoms. The number of methoxy groups -OCH3 is 2. The molecule has 0 aromatic heterocycles. The SMILES string of the molecule is COc1cccc(OC)c1C(=O)NC1CC1. The lowest BCUT2D eigenvalue weighted by atomic mass is 10.1. The summed E-state index contributed by atoms with van der Waals surface area (Å²) >= 11 is 0. The van der Waals surface area contributed by atoms with Gasteiger partial charge in [-0.1, -0.05) is 6.07 Å². The van der Waals surface area contributed by atoms with Crippen LogP contribution in [0.15, 0.2) is 18.2 Å². The Hall–Kier alpha value is -1.71. The molecule has 1 aliphatic rings. The molecule has 1 aromatic carbocycles. The van der Waals surface area contributed by atoms with E-state index in [4.69, 9.17) is 9.47 Å². The summed E-state index contributed by atoms with van der Waals surface area (Å²) in [7, 11) is 3.09. The Morgan fingerprint density at radius 1 is 1.25 bits per heavy atom. The molecule has 0 saturated heterocycles. The molecule has 1 fully saturated rings. The van der Waals surface area contributed by atoms with Crippen LogP contribution in [0, 0.1) is 0 Å². The fraction of sp³-hybridized carbons (Fsp3) is 0.417. The number of ether oxygens (including phenoxy) is 2. The van der Waals surface area contributed by atoms with Gasteiger partial charge in [-0.25, -0.2) is 0 Å². The Labute approximate surface area is 94.6 Å². The average molecular weight is 221 g/mol. The fourth-order valence-corrected chi connectivity index (χ4v) is 1.56. The van der Waals surface area contributed by atoms with Crippen LogP contribution < -0.4 is 14.8 Å². The van der Waals surface area contributed by atoms with E-state index in [9.17, 15) is 4.79 Å². The van der Waals surface area contributed by atoms with Crippen molar-refractivity contribution in [3.8, 4) is 11.5 Å². The van der Waals surface area contributed by atoms with E-state index in [-0.39, 0.29) is 5.91 Å². The van der Waals surface area contributed by atoms with Gasteiger partial charge in [-0.2, -0.15) is 0 Å². The number of hydrogen-bond acceptors (Lipinski definition) is 3. The first-order valence-electron chi connectivity index (χ1n) is 5.28. The molecule has 1 aromatic rings. The quantitative estimate of drug-likeness (QED) is 0.840. The van der Waals surface area contributed by atoms with E-state index >= 15 is 0 Å². The molecule has 1 amide bonds. The highest BCUT2D eigenvalue weighted by Crippen LogP contribution is 2.29. The largest absolute Gasteiger partial charge is 0.496 e. The zero-order valence-corrected chi connectivity index (χ0v) is 9.45. The summed E-state index contributed by atoms with van der Waals surface area (Å²) in [6.45, 7) is 0. The lowest BCUT2D eigenvalue weighted by molar-refractivity contribution is 0.0945. The second-order valence-corrected chi connectivity index (χ2v) is 3.79. The van der Waals surface area contributed by atoms with Crippen molar-refractivity contribution < 1.29 is 14.3 Å². The molecule has 1 aliphatic carbocycles. The zero-order chi connectivity index (χ0) is 11.5. The number of benzene rings is 1. The normalized spacial score (nSPS) is 14.4. The van der Waals surface area contributed by atoms with Crippen molar-refractivity contribution in [1.29, 1.82) is 0 Å². The lowest BCUT2D eigenvalue weighted by Gasteiger charge is -2.12. The van der Waals surface area contributed by atoms with Crippen molar-refractivity contribution in [1.82, 2.24) is 5.32 Å². The van der Waals surface area contributed by atoms with Crippen LogP contribution in [0.2, 0.25) is 0 Å². The van der Waals surface area contributed by atoms with Crippen molar-refractivity contribution in [3.63, 3.8) is 0 Å². The third-order valence-corrected chi connectivity index (χ3v) is 2.57. The van der Waals surface area contributed by atoms with E-state index in [1.165, 1.54) is 0 Å². The predicted octanol–water partition coefficient (Wildman–Crippen LogP) is 1.60. The van der Waals surface area contributed by atoms with Crippen molar-refractivity contribution in [2.75, 3.05) is 14.2 Å². The van der Waals surface area contributed by atoms with Gasteiger partial charge in [0.2, 0.25) is 0 Å². The van der Waals surface area contributed by atoms with Gasteiger partial charge in [0.15, 0.2) is 0 Å². The van der Waals surface area contributed by atoms with Crippen LogP contribution >= 0.6 is 0 Å². The van der Waals surface area contributed by atoms with E-state index in [1.54, 1.807) is 32.4 Å². The Balaban J connectivity index is 2.30. The second kappa shape index (κ2) is 4.43. The molecule has 0 atom stereocenters. The number of nitrogens with one attached hydrogen (secondary N) is 1. The van der Waals surface area contributed by atoms with Crippen LogP contribution in [-0.2, 0) is 0 Å². The lowest BCUT2D eigenvalue weighted by Crippen LogP contribution is -2.26. The third kappa shape index (κ3) is 2.10. The minimum Gasteiger partial charge on any atom is -0.496 e. The second-order valence-electron chi connectivity index (χ2n) is 3.79. The molecule has 0 radical (unpaired) electrons. The molecule has 0 bridgehead atoms. The van der Waals surface area contributed by atoms with Crippen LogP contribution in [0.3, 0.4) is 0 Å². The molecule has 86 valence electrons. The first-order chi connectivity index (χ1) is 7.76. The molecule has 4 heteroatoms. The number of carbonyl (C=O) groups excluding carboxylic acids is 1. The molecule has 2 rings (SSSR count). The average Bonchev–Trinajstić information content (AvgIpc) is 3.11. The van der Waals surface area contributed by atoms with Gasteiger partial charge < -0.3 is 14.8 Å². The molecular formula is C12H15NO3. The summed E-state index contributed by atoms with van der Waals surface area (Å²) in [6.07, 6.45) is 2.12. The van der Waals surface area contributed by atoms with E-state index in [1.807, 2.05) is 0 Å². The summed E-state index contributed by atoms with van der Waals surface area (Å²) in [4.78, 5) is 12.0. The molecule has 0 unspecified atom stereocenters. The van der Waals surface area contributed by atoms with Crippen LogP contribution in [0.4, 0.5) is 0 Å². The van der Waals surface area contributed by atoms with Gasteiger partial charge in [0, 0.05) is 6.04 Å². The van der Waals surface area contributed by atoms with Gasteiger partial charge in [-0.3, -0.25) is 4.79 Å². The summed E-state index contributed by atoms with van der Waals surface area (Å²) in [5, 5.41) is 2.92. The van der Waals surface area contributed by atoms with Gasteiger partial charge in [0.1, 0.15) is 17.1 Å². The van der Waals surface area contributed by atoms with Gasteiger partial charge in [-0.15, -0.1) is 0 Å². The summed E-state index contributed by atoms with van der Waals surface area (Å²) < 4.78 is 10.3. The summed E-state index contributed by atoms with van der Waals surface area (Å²) in [5.41, 5.74) is 0.472. The van der Waals surface area contributed by atoms with Gasteiger partial charge in [0.25, 0.3) is 5.91 Å². The Morgan fingerprint density at radius 3 is 2.25 bits per heavy atom. The van der Waals surface area contributed by atoms with Crippen LogP contribution in [-0.4, -0.2) is 26.2 Å². The van der Waals surface area contributed by atoms with Crippen molar-refractivity contribution >= 4 is 5.91 Å². The number of amides is 1. The number of hydrogen-bond donors (Lipinski definition) is 1. The van der Waals surface area contributed by atoms with Crippen LogP contribution in [0.5, 0.6) is 11.5 Å². The monoisotopic (exact) mass is 221 g/mol. The zero-order valence-electron chi connectivity index (χ0n) is 9.45. The predicted molar refractivity (Wildman–Crippen MR) is 60.0 cm³/mol. The highest BCUT2D eigenvalue weighted by atomic mass is 16.5. The van der Waals surface area contributed by atoms with Crippen LogP contribution in [0.25, 0.3) is 0 Å². The first kappa shape index (κ1) is 10.8. The molecule has 4 nitrogen and oxygen atoms in total. The molecule has 1 saturated carbocycles. The van der Waals surface area contributed by atoms with Crippen molar-refractivity contribution in [3.05, 3.63) is 23.8 Å². The molecule has 0 heterocycles. The van der Waals surface area contributed by atoms with Crippen LogP contribution in [0.1, 0.15) is 23.2 Å². The molecule has 0 aliphatic heterocycles. The topological polar surface area (TPSA) is 47.6 Å². The maximum atomic E-state index is 12.0. The fourth-order valence-electron chi connectivity index (χ4n) is 1.56. The molecular weight excluding hydrogens is 206 g/mol. The first-order valence-corrected chi connectivity index (χ1v) is 5.28. The minimum absolute atomic E-state index is 0.128. The Morgan fingerprint density at radius 2 is 1.81 bits per heavy atom. The number of carbonyl (C=O) groups is 1. The van der Waals surface area contributed by atoms with Gasteiger partial charge >= 0.3 is 0 Å². The smallest absolute Gasteiger partial charge is 0.259 e. The van der Waals surface area contributed by atoms with Gasteiger partial charge in [0.05, 0.1) is 14.2 Å². The Kier molecular flexibility index (Phi) is 2.99. The maximum absolute atomic E-state index is 12.0. The van der Waals surface area contributed by atoms with Crippen molar-refractivity contribution in [2.45, 2.75) is 18.9 Å². The van der Waals surface area contributed by atoms with E-state index in [2.05, 4.69) is 5.32 Å². The van der Waals surface area contributed by atoms with E-state index < -0.39 is 0 Å². The molecule has 0 spiro atoms. The third-order valence-electron chi connectivity index (χ3n) is 2.57. The number of rotatable bonds is 4. The van der Waals surface area contributed by atoms with E-state index in [0.717, 1.165) is 12.8 Å². The van der Waals surface area contributed by atoms with Gasteiger partial charge in [-0.05, 0) is 25.0 Å². The molecule has 1 N–H and O–H groups in total. The highest BCUT2D eigenvalue weighted by Gasteiger charge is 2.26. The maximum Gasteiger partial charge on any atom is 0.259 e. The Bertz CT molecular complexity index is 377. The summed E-state index contributed by atoms with van der Waals surface area (Å²) in [5.74, 6) is 0.951. The van der Waals surface area contributed by atoms with Crippen molar-refractivity contribution in [2.24, 2.45) is 0 Å². The van der Waals surface area contributed by atoms with E-state index in [0.29, 0.717) is 23.1 Å².